The van der Waals surface area contributed by atoms with Gasteiger partial charge in [-0.05, 0) is 85.9 Å². The molecule has 3 aromatic carbocycles. The highest BCUT2D eigenvalue weighted by Crippen LogP contribution is 2.38. The van der Waals surface area contributed by atoms with Crippen molar-refractivity contribution >= 4 is 5.97 Å². The van der Waals surface area contributed by atoms with Crippen LogP contribution in [0.25, 0.3) is 11.1 Å². The average molecular weight is 553 g/mol. The smallest absolute Gasteiger partial charge is 0.338 e. The number of hydrogen-bond donors (Lipinski definition) is 0. The summed E-state index contributed by atoms with van der Waals surface area (Å²) in [6.45, 7) is 6.59. The summed E-state index contributed by atoms with van der Waals surface area (Å²) in [6.07, 6.45) is 5.95. The first-order chi connectivity index (χ1) is 19.4. The summed E-state index contributed by atoms with van der Waals surface area (Å²) in [5.74, 6) is -2.40. The van der Waals surface area contributed by atoms with E-state index in [0.29, 0.717) is 62.2 Å². The van der Waals surface area contributed by atoms with Crippen molar-refractivity contribution < 1.29 is 32.2 Å². The van der Waals surface area contributed by atoms with Crippen molar-refractivity contribution in [3.8, 4) is 22.6 Å². The fraction of sp³-hybridized carbons (Fsp3) is 0.364. The largest absolute Gasteiger partial charge is 0.494 e. The van der Waals surface area contributed by atoms with Crippen molar-refractivity contribution in [2.45, 2.75) is 63.9 Å². The van der Waals surface area contributed by atoms with Gasteiger partial charge in [-0.1, -0.05) is 43.7 Å². The van der Waals surface area contributed by atoms with E-state index >= 15 is 8.78 Å². The molecule has 40 heavy (non-hydrogen) atoms. The van der Waals surface area contributed by atoms with Crippen molar-refractivity contribution in [3.63, 3.8) is 0 Å². The number of ether oxygens (including phenoxy) is 3. The molecule has 7 heteroatoms. The van der Waals surface area contributed by atoms with Gasteiger partial charge < -0.3 is 14.2 Å². The molecule has 0 aromatic heterocycles. The molecule has 0 heterocycles. The molecule has 3 aromatic rings. The molecule has 0 atom stereocenters. The number of unbranched alkanes of at least 4 members (excludes halogenated alkanes) is 1. The maximum atomic E-state index is 15.2. The second-order valence-corrected chi connectivity index (χ2v) is 10.0. The van der Waals surface area contributed by atoms with Gasteiger partial charge in [-0.3, -0.25) is 0 Å². The van der Waals surface area contributed by atoms with Crippen molar-refractivity contribution in [2.75, 3.05) is 13.2 Å². The minimum Gasteiger partial charge on any atom is -0.494 e. The van der Waals surface area contributed by atoms with Crippen molar-refractivity contribution in [1.82, 2.24) is 0 Å². The van der Waals surface area contributed by atoms with Gasteiger partial charge in [0.2, 0.25) is 0 Å². The zero-order chi connectivity index (χ0) is 28.5. The Labute approximate surface area is 233 Å². The summed E-state index contributed by atoms with van der Waals surface area (Å²) in [7, 11) is 0. The van der Waals surface area contributed by atoms with Gasteiger partial charge in [0.15, 0.2) is 23.2 Å². The fourth-order valence-electron chi connectivity index (χ4n) is 4.88. The minimum atomic E-state index is -0.871. The van der Waals surface area contributed by atoms with E-state index in [1.54, 1.807) is 42.5 Å². The van der Waals surface area contributed by atoms with Crippen LogP contribution in [-0.2, 0) is 4.74 Å². The Morgan fingerprint density at radius 3 is 2.35 bits per heavy atom. The number of carbonyl (C=O) groups excluding carboxylic acids is 1. The van der Waals surface area contributed by atoms with Gasteiger partial charge in [0, 0.05) is 5.56 Å². The van der Waals surface area contributed by atoms with E-state index in [4.69, 9.17) is 14.2 Å². The van der Waals surface area contributed by atoms with Gasteiger partial charge in [-0.25, -0.2) is 18.0 Å². The van der Waals surface area contributed by atoms with Crippen LogP contribution in [0.15, 0.2) is 67.3 Å². The molecule has 0 radical (unpaired) electrons. The predicted molar refractivity (Wildman–Crippen MR) is 149 cm³/mol. The number of halogens is 3. The summed E-state index contributed by atoms with van der Waals surface area (Å²) in [4.78, 5) is 12.6. The minimum absolute atomic E-state index is 0.0626. The van der Waals surface area contributed by atoms with Gasteiger partial charge in [0.25, 0.3) is 0 Å². The highest BCUT2D eigenvalue weighted by Gasteiger charge is 2.29. The number of esters is 1. The van der Waals surface area contributed by atoms with Crippen LogP contribution < -0.4 is 9.47 Å². The molecule has 0 amide bonds. The lowest BCUT2D eigenvalue weighted by Crippen LogP contribution is -2.24. The Morgan fingerprint density at radius 1 is 0.925 bits per heavy atom. The first-order valence-corrected chi connectivity index (χ1v) is 13.9. The van der Waals surface area contributed by atoms with Gasteiger partial charge in [0.1, 0.15) is 11.9 Å². The molecule has 4 rings (SSSR count). The van der Waals surface area contributed by atoms with E-state index in [1.165, 1.54) is 12.1 Å². The topological polar surface area (TPSA) is 44.8 Å². The Kier molecular flexibility index (Phi) is 10.3. The van der Waals surface area contributed by atoms with Gasteiger partial charge >= 0.3 is 5.97 Å². The second-order valence-electron chi connectivity index (χ2n) is 10.0. The zero-order valence-corrected chi connectivity index (χ0v) is 22.8. The van der Waals surface area contributed by atoms with Crippen LogP contribution in [0.2, 0.25) is 0 Å². The average Bonchev–Trinajstić information content (AvgIpc) is 2.96. The third-order valence-electron chi connectivity index (χ3n) is 7.18. The Morgan fingerprint density at radius 2 is 1.68 bits per heavy atom. The van der Waals surface area contributed by atoms with Crippen LogP contribution in [0.5, 0.6) is 11.5 Å². The summed E-state index contributed by atoms with van der Waals surface area (Å²) in [6, 6.07) is 14.2. The summed E-state index contributed by atoms with van der Waals surface area (Å²) in [5, 5.41) is 0. The summed E-state index contributed by atoms with van der Waals surface area (Å²) in [5.41, 5.74) is 1.21. The van der Waals surface area contributed by atoms with E-state index in [2.05, 4.69) is 13.5 Å². The lowest BCUT2D eigenvalue weighted by molar-refractivity contribution is 0.0193. The molecule has 1 saturated carbocycles. The Hall–Kier alpha value is -3.74. The third-order valence-corrected chi connectivity index (χ3v) is 7.18. The molecule has 0 spiro atoms. The van der Waals surface area contributed by atoms with Gasteiger partial charge in [0.05, 0.1) is 18.8 Å². The quantitative estimate of drug-likeness (QED) is 0.128. The molecule has 1 fully saturated rings. The standard InChI is InChI=1S/C33H35F3O4/c1-3-5-19-38-25-12-7-22(8-13-25)27-16-17-28(32(36)31(27)35)23-9-14-26(15-10-23)40-33(37)24-11-18-30(29(34)21-24)39-20-6-4-2/h4,7-8,11-13,16-18,21,23,26H,2-3,5-6,9-10,14-15,19-20H2,1H3. The molecule has 1 aliphatic rings. The number of hydrogen-bond acceptors (Lipinski definition) is 4. The van der Waals surface area contributed by atoms with Crippen molar-refractivity contribution in [2.24, 2.45) is 0 Å². The molecule has 0 bridgehead atoms. The zero-order valence-electron chi connectivity index (χ0n) is 22.8. The highest BCUT2D eigenvalue weighted by molar-refractivity contribution is 5.89. The van der Waals surface area contributed by atoms with Crippen LogP contribution in [-0.4, -0.2) is 25.3 Å². The normalized spacial score (nSPS) is 16.8. The molecule has 0 N–H and O–H groups in total. The lowest BCUT2D eigenvalue weighted by Gasteiger charge is -2.29. The van der Waals surface area contributed by atoms with E-state index in [1.807, 2.05) is 0 Å². The van der Waals surface area contributed by atoms with Crippen LogP contribution >= 0.6 is 0 Å². The van der Waals surface area contributed by atoms with E-state index in [9.17, 15) is 9.18 Å². The van der Waals surface area contributed by atoms with E-state index in [-0.39, 0.29) is 28.9 Å². The summed E-state index contributed by atoms with van der Waals surface area (Å²) >= 11 is 0. The Balaban J connectivity index is 1.33. The molecule has 0 saturated heterocycles. The van der Waals surface area contributed by atoms with Crippen molar-refractivity contribution in [1.29, 1.82) is 0 Å². The molecule has 1 aliphatic carbocycles. The Bertz CT molecular complexity index is 1300. The second kappa shape index (κ2) is 14.1. The molecule has 0 aliphatic heterocycles. The molecular formula is C33H35F3O4. The van der Waals surface area contributed by atoms with E-state index < -0.39 is 23.4 Å². The van der Waals surface area contributed by atoms with Crippen LogP contribution in [0.3, 0.4) is 0 Å². The van der Waals surface area contributed by atoms with Crippen LogP contribution in [0, 0.1) is 17.5 Å². The van der Waals surface area contributed by atoms with Crippen LogP contribution in [0.4, 0.5) is 13.2 Å². The molecule has 212 valence electrons. The first kappa shape index (κ1) is 29.2. The maximum Gasteiger partial charge on any atom is 0.338 e. The predicted octanol–water partition coefficient (Wildman–Crippen LogP) is 8.79. The summed E-state index contributed by atoms with van der Waals surface area (Å²) < 4.78 is 61.2. The number of benzene rings is 3. The number of rotatable bonds is 12. The van der Waals surface area contributed by atoms with Crippen molar-refractivity contribution in [3.05, 3.63) is 95.8 Å². The lowest BCUT2D eigenvalue weighted by atomic mass is 9.82. The SMILES string of the molecule is C=CCCOc1ccc(C(=O)OC2CCC(c3ccc(-c4ccc(OCCCC)cc4)c(F)c3F)CC2)cc1F. The molecule has 0 unspecified atom stereocenters. The monoisotopic (exact) mass is 552 g/mol. The van der Waals surface area contributed by atoms with E-state index in [0.717, 1.165) is 18.9 Å². The highest BCUT2D eigenvalue weighted by atomic mass is 19.2. The molecule has 4 nitrogen and oxygen atoms in total. The maximum absolute atomic E-state index is 15.2. The van der Waals surface area contributed by atoms with Gasteiger partial charge in [-0.2, -0.15) is 0 Å². The van der Waals surface area contributed by atoms with Crippen LogP contribution in [0.1, 0.15) is 73.7 Å². The fourth-order valence-corrected chi connectivity index (χ4v) is 4.88. The molecular weight excluding hydrogens is 517 g/mol. The first-order valence-electron chi connectivity index (χ1n) is 13.9. The third kappa shape index (κ3) is 7.26. The van der Waals surface area contributed by atoms with Gasteiger partial charge in [-0.15, -0.1) is 6.58 Å². The number of carbonyl (C=O) groups is 1.